The van der Waals surface area contributed by atoms with E-state index in [4.69, 9.17) is 5.11 Å². The molecule has 0 spiro atoms. The molecule has 1 unspecified atom stereocenters. The highest BCUT2D eigenvalue weighted by molar-refractivity contribution is 5.19. The Labute approximate surface area is 119 Å². The zero-order valence-corrected chi connectivity index (χ0v) is 12.5. The first-order chi connectivity index (χ1) is 9.38. The molecule has 1 aromatic carbocycles. The zero-order chi connectivity index (χ0) is 13.8. The maximum atomic E-state index is 8.80. The quantitative estimate of drug-likeness (QED) is 0.537. The molecule has 1 nitrogen and oxygen atoms in total. The fourth-order valence-corrected chi connectivity index (χ4v) is 2.70. The number of benzene rings is 1. The van der Waals surface area contributed by atoms with Crippen LogP contribution in [0.25, 0.3) is 0 Å². The van der Waals surface area contributed by atoms with E-state index in [2.05, 4.69) is 37.3 Å². The monoisotopic (exact) mass is 262 g/mol. The predicted octanol–water partition coefficient (Wildman–Crippen LogP) is 5.29. The molecule has 0 saturated carbocycles. The number of hydrogen-bond donors (Lipinski definition) is 1. The van der Waals surface area contributed by atoms with Crippen LogP contribution in [0.1, 0.15) is 76.2 Å². The highest BCUT2D eigenvalue weighted by atomic mass is 16.2. The fourth-order valence-electron chi connectivity index (χ4n) is 2.70. The number of unbranched alkanes of at least 4 members (excludes halogenated alkanes) is 5. The summed E-state index contributed by atoms with van der Waals surface area (Å²) in [5, 5.41) is 8.80. The van der Waals surface area contributed by atoms with Crippen LogP contribution in [0.5, 0.6) is 0 Å². The third kappa shape index (κ3) is 7.37. The van der Waals surface area contributed by atoms with Gasteiger partial charge in [-0.2, -0.15) is 0 Å². The molecule has 0 bridgehead atoms. The number of hydrogen-bond acceptors (Lipinski definition) is 1. The minimum Gasteiger partial charge on any atom is -0.396 e. The second-order valence-electron chi connectivity index (χ2n) is 5.53. The van der Waals surface area contributed by atoms with Gasteiger partial charge in [-0.15, -0.1) is 0 Å². The minimum absolute atomic E-state index is 0.346. The van der Waals surface area contributed by atoms with E-state index in [9.17, 15) is 0 Å². The van der Waals surface area contributed by atoms with E-state index in [1.54, 1.807) is 0 Å². The van der Waals surface area contributed by atoms with Gasteiger partial charge < -0.3 is 5.11 Å². The Balaban J connectivity index is 2.36. The topological polar surface area (TPSA) is 20.2 Å². The number of aliphatic hydroxyl groups excluding tert-OH is 1. The molecule has 1 aromatic rings. The average molecular weight is 262 g/mol. The van der Waals surface area contributed by atoms with Crippen LogP contribution in [-0.4, -0.2) is 11.7 Å². The van der Waals surface area contributed by atoms with Crippen molar-refractivity contribution in [1.29, 1.82) is 0 Å². The Hall–Kier alpha value is -0.820. The first-order valence-electron chi connectivity index (χ1n) is 8.04. The van der Waals surface area contributed by atoms with Crippen molar-refractivity contribution < 1.29 is 5.11 Å². The maximum absolute atomic E-state index is 8.80. The van der Waals surface area contributed by atoms with Crippen molar-refractivity contribution in [3.63, 3.8) is 0 Å². The van der Waals surface area contributed by atoms with Crippen LogP contribution >= 0.6 is 0 Å². The van der Waals surface area contributed by atoms with E-state index in [0.29, 0.717) is 6.61 Å². The van der Waals surface area contributed by atoms with Crippen molar-refractivity contribution in [1.82, 2.24) is 0 Å². The molecule has 0 aliphatic rings. The molecule has 1 atom stereocenters. The van der Waals surface area contributed by atoms with Gasteiger partial charge in [-0.25, -0.2) is 0 Å². The first-order valence-corrected chi connectivity index (χ1v) is 8.04. The van der Waals surface area contributed by atoms with Gasteiger partial charge in [0.1, 0.15) is 0 Å². The van der Waals surface area contributed by atoms with Gasteiger partial charge in [0.05, 0.1) is 0 Å². The van der Waals surface area contributed by atoms with E-state index < -0.39 is 0 Å². The van der Waals surface area contributed by atoms with Crippen LogP contribution in [0, 0.1) is 0 Å². The van der Waals surface area contributed by atoms with E-state index in [1.165, 1.54) is 56.9 Å². The number of rotatable bonds is 11. The molecule has 0 amide bonds. The van der Waals surface area contributed by atoms with Crippen molar-refractivity contribution in [3.8, 4) is 0 Å². The summed E-state index contributed by atoms with van der Waals surface area (Å²) in [7, 11) is 0. The SMILES string of the molecule is CCCCCC(CCCCCCO)c1ccccc1. The third-order valence-corrected chi connectivity index (χ3v) is 3.89. The summed E-state index contributed by atoms with van der Waals surface area (Å²) in [6.07, 6.45) is 11.3. The Bertz CT molecular complexity index is 294. The van der Waals surface area contributed by atoms with E-state index in [1.807, 2.05) is 0 Å². The summed E-state index contributed by atoms with van der Waals surface area (Å²) in [6.45, 7) is 2.62. The van der Waals surface area contributed by atoms with Gasteiger partial charge in [-0.1, -0.05) is 75.8 Å². The van der Waals surface area contributed by atoms with Crippen molar-refractivity contribution in [3.05, 3.63) is 35.9 Å². The molecule has 0 heterocycles. The van der Waals surface area contributed by atoms with E-state index >= 15 is 0 Å². The van der Waals surface area contributed by atoms with Gasteiger partial charge in [0, 0.05) is 6.61 Å². The molecule has 0 aliphatic carbocycles. The van der Waals surface area contributed by atoms with Crippen molar-refractivity contribution in [2.75, 3.05) is 6.61 Å². The zero-order valence-electron chi connectivity index (χ0n) is 12.5. The van der Waals surface area contributed by atoms with Crippen LogP contribution in [0.3, 0.4) is 0 Å². The van der Waals surface area contributed by atoms with E-state index in [0.717, 1.165) is 12.3 Å². The normalized spacial score (nSPS) is 12.5. The van der Waals surface area contributed by atoms with Crippen LogP contribution in [0.4, 0.5) is 0 Å². The van der Waals surface area contributed by atoms with Crippen LogP contribution in [-0.2, 0) is 0 Å². The van der Waals surface area contributed by atoms with Gasteiger partial charge in [-0.3, -0.25) is 0 Å². The largest absolute Gasteiger partial charge is 0.396 e. The summed E-state index contributed by atoms with van der Waals surface area (Å²) in [5.41, 5.74) is 1.51. The molecule has 1 rings (SSSR count). The highest BCUT2D eigenvalue weighted by Gasteiger charge is 2.10. The summed E-state index contributed by atoms with van der Waals surface area (Å²) in [4.78, 5) is 0. The van der Waals surface area contributed by atoms with Crippen LogP contribution < -0.4 is 0 Å². The smallest absolute Gasteiger partial charge is 0.0431 e. The Morgan fingerprint density at radius 3 is 2.11 bits per heavy atom. The van der Waals surface area contributed by atoms with Crippen LogP contribution in [0.2, 0.25) is 0 Å². The summed E-state index contributed by atoms with van der Waals surface area (Å²) in [5.74, 6) is 0.738. The average Bonchev–Trinajstić information content (AvgIpc) is 2.46. The molecule has 1 heteroatoms. The molecule has 0 radical (unpaired) electrons. The van der Waals surface area contributed by atoms with Gasteiger partial charge in [0.2, 0.25) is 0 Å². The second-order valence-corrected chi connectivity index (χ2v) is 5.53. The lowest BCUT2D eigenvalue weighted by molar-refractivity contribution is 0.282. The van der Waals surface area contributed by atoms with Crippen molar-refractivity contribution in [2.24, 2.45) is 0 Å². The fraction of sp³-hybridized carbons (Fsp3) is 0.667. The Kier molecular flexibility index (Phi) is 9.44. The molecule has 0 aromatic heterocycles. The lowest BCUT2D eigenvalue weighted by Gasteiger charge is -2.17. The standard InChI is InChI=1S/C18H30O/c1-2-3-7-12-17(13-8-4-5-11-16-19)18-14-9-6-10-15-18/h6,9-10,14-15,17,19H,2-5,7-8,11-13,16H2,1H3. The third-order valence-electron chi connectivity index (χ3n) is 3.89. The van der Waals surface area contributed by atoms with Crippen LogP contribution in [0.15, 0.2) is 30.3 Å². The molecular weight excluding hydrogens is 232 g/mol. The lowest BCUT2D eigenvalue weighted by Crippen LogP contribution is -1.99. The van der Waals surface area contributed by atoms with Crippen molar-refractivity contribution >= 4 is 0 Å². The molecular formula is C18H30O. The summed E-state index contributed by atoms with van der Waals surface area (Å²) < 4.78 is 0. The summed E-state index contributed by atoms with van der Waals surface area (Å²) >= 11 is 0. The summed E-state index contributed by atoms with van der Waals surface area (Å²) in [6, 6.07) is 11.0. The molecule has 108 valence electrons. The second kappa shape index (κ2) is 11.0. The molecule has 0 saturated heterocycles. The molecule has 0 fully saturated rings. The Morgan fingerprint density at radius 1 is 0.842 bits per heavy atom. The van der Waals surface area contributed by atoms with Gasteiger partial charge >= 0.3 is 0 Å². The molecule has 1 N–H and O–H groups in total. The predicted molar refractivity (Wildman–Crippen MR) is 83.5 cm³/mol. The van der Waals surface area contributed by atoms with Crippen molar-refractivity contribution in [2.45, 2.75) is 70.6 Å². The van der Waals surface area contributed by atoms with Gasteiger partial charge in [-0.05, 0) is 30.7 Å². The lowest BCUT2D eigenvalue weighted by atomic mass is 9.88. The molecule has 0 aliphatic heterocycles. The number of aliphatic hydroxyl groups is 1. The van der Waals surface area contributed by atoms with Gasteiger partial charge in [0.25, 0.3) is 0 Å². The van der Waals surface area contributed by atoms with Gasteiger partial charge in [0.15, 0.2) is 0 Å². The maximum Gasteiger partial charge on any atom is 0.0431 e. The minimum atomic E-state index is 0.346. The highest BCUT2D eigenvalue weighted by Crippen LogP contribution is 2.28. The van der Waals surface area contributed by atoms with E-state index in [-0.39, 0.29) is 0 Å². The Morgan fingerprint density at radius 2 is 1.47 bits per heavy atom. The molecule has 19 heavy (non-hydrogen) atoms. The first kappa shape index (κ1) is 16.2.